The number of amides is 3. The summed E-state index contributed by atoms with van der Waals surface area (Å²) in [6.45, 7) is 3.99. The molecule has 8 nitrogen and oxygen atoms in total. The standard InChI is InChI=1S/C18H17N3O5.Na/c1-2-11-12-7-8-20(18(26)19-9-3-5-10(22)6-4-9)15-13(12)21(16(15)23)14(11)17(24)25;/h2-6,12-13,15,22H,1,7-8H2,(H,19,26)(H,24,25);/q;+1/p-1/t12?,13-,15+;/m1./s1. The number of piperidine rings is 1. The van der Waals surface area contributed by atoms with Crippen LogP contribution < -0.4 is 40.0 Å². The summed E-state index contributed by atoms with van der Waals surface area (Å²) in [7, 11) is 0. The van der Waals surface area contributed by atoms with E-state index in [1.807, 2.05) is 0 Å². The van der Waals surface area contributed by atoms with Crippen LogP contribution in [0.25, 0.3) is 0 Å². The quantitative estimate of drug-likeness (QED) is 0.332. The average Bonchev–Trinajstić information content (AvgIpc) is 2.95. The number of benzene rings is 1. The predicted molar refractivity (Wildman–Crippen MR) is 88.6 cm³/mol. The Morgan fingerprint density at radius 3 is 2.56 bits per heavy atom. The molecule has 3 atom stereocenters. The van der Waals surface area contributed by atoms with Gasteiger partial charge in [-0.05, 0) is 36.3 Å². The first-order valence-electron chi connectivity index (χ1n) is 8.21. The Morgan fingerprint density at radius 1 is 1.30 bits per heavy atom. The minimum absolute atomic E-state index is 0. The molecule has 4 rings (SSSR count). The van der Waals surface area contributed by atoms with Gasteiger partial charge < -0.3 is 30.1 Å². The number of rotatable bonds is 3. The Morgan fingerprint density at radius 2 is 1.96 bits per heavy atom. The zero-order valence-electron chi connectivity index (χ0n) is 14.7. The van der Waals surface area contributed by atoms with Crippen molar-refractivity contribution >= 4 is 23.6 Å². The van der Waals surface area contributed by atoms with Gasteiger partial charge in [0, 0.05) is 18.2 Å². The number of urea groups is 1. The van der Waals surface area contributed by atoms with E-state index in [4.69, 9.17) is 0 Å². The number of phenolic OH excluding ortho intramolecular Hbond substituents is 1. The zero-order valence-corrected chi connectivity index (χ0v) is 16.7. The van der Waals surface area contributed by atoms with Gasteiger partial charge in [0.2, 0.25) is 0 Å². The van der Waals surface area contributed by atoms with Crippen molar-refractivity contribution in [1.29, 1.82) is 0 Å². The largest absolute Gasteiger partial charge is 1.00 e. The molecule has 0 aromatic heterocycles. The Labute approximate surface area is 177 Å². The van der Waals surface area contributed by atoms with Gasteiger partial charge in [-0.3, -0.25) is 4.79 Å². The second-order valence-corrected chi connectivity index (χ2v) is 6.50. The number of hydrogen-bond donors (Lipinski definition) is 2. The van der Waals surface area contributed by atoms with Crippen LogP contribution in [-0.4, -0.2) is 51.4 Å². The number of carbonyl (C=O) groups is 3. The van der Waals surface area contributed by atoms with E-state index in [2.05, 4.69) is 11.9 Å². The third-order valence-electron chi connectivity index (χ3n) is 5.25. The summed E-state index contributed by atoms with van der Waals surface area (Å²) in [5.41, 5.74) is 0.867. The van der Waals surface area contributed by atoms with E-state index >= 15 is 0 Å². The first kappa shape index (κ1) is 19.5. The number of carboxylic acid groups (broad SMARTS) is 1. The molecule has 27 heavy (non-hydrogen) atoms. The van der Waals surface area contributed by atoms with E-state index in [0.29, 0.717) is 24.2 Å². The number of allylic oxidation sites excluding steroid dienone is 1. The first-order valence-corrected chi connectivity index (χ1v) is 8.21. The fourth-order valence-corrected chi connectivity index (χ4v) is 4.15. The first-order chi connectivity index (χ1) is 12.4. The van der Waals surface area contributed by atoms with Gasteiger partial charge in [-0.25, -0.2) is 4.79 Å². The van der Waals surface area contributed by atoms with Crippen molar-refractivity contribution in [2.75, 3.05) is 11.9 Å². The maximum absolute atomic E-state index is 12.6. The Bertz CT molecular complexity index is 866. The molecule has 0 bridgehead atoms. The SMILES string of the molecule is C=CC1=C(C(=O)[O-])N2C(=O)[C@@H]3[C@H]2C1CCN3C(=O)Nc1ccc(O)cc1.[Na+]. The van der Waals surface area contributed by atoms with E-state index in [1.165, 1.54) is 28.0 Å². The van der Waals surface area contributed by atoms with Crippen molar-refractivity contribution in [2.24, 2.45) is 5.92 Å². The average molecular weight is 377 g/mol. The summed E-state index contributed by atoms with van der Waals surface area (Å²) in [5.74, 6) is -1.89. The second kappa shape index (κ2) is 7.03. The van der Waals surface area contributed by atoms with Crippen molar-refractivity contribution in [3.8, 4) is 5.75 Å². The fraction of sp³-hybridized carbons (Fsp3) is 0.278. The molecule has 3 heterocycles. The van der Waals surface area contributed by atoms with Crippen LogP contribution in [0.1, 0.15) is 6.42 Å². The zero-order chi connectivity index (χ0) is 18.6. The normalized spacial score (nSPS) is 25.3. The summed E-state index contributed by atoms with van der Waals surface area (Å²) >= 11 is 0. The summed E-state index contributed by atoms with van der Waals surface area (Å²) in [5, 5.41) is 23.5. The molecular formula is C18H16N3NaO5. The van der Waals surface area contributed by atoms with E-state index in [-0.39, 0.29) is 53.0 Å². The molecule has 1 unspecified atom stereocenters. The van der Waals surface area contributed by atoms with Gasteiger partial charge in [-0.1, -0.05) is 12.7 Å². The molecule has 1 aromatic carbocycles. The number of phenols is 1. The molecule has 2 fully saturated rings. The van der Waals surface area contributed by atoms with Crippen molar-refractivity contribution in [3.05, 3.63) is 48.2 Å². The molecule has 3 aliphatic heterocycles. The Kier molecular flexibility index (Phi) is 5.07. The number of aromatic hydroxyl groups is 1. The van der Waals surface area contributed by atoms with Gasteiger partial charge in [0.1, 0.15) is 11.8 Å². The van der Waals surface area contributed by atoms with Gasteiger partial charge >= 0.3 is 35.6 Å². The molecule has 1 aromatic rings. The number of carbonyl (C=O) groups excluding carboxylic acids is 3. The topological polar surface area (TPSA) is 113 Å². The third kappa shape index (κ3) is 2.84. The molecule has 2 N–H and O–H groups in total. The van der Waals surface area contributed by atoms with E-state index < -0.39 is 23.9 Å². The van der Waals surface area contributed by atoms with Crippen molar-refractivity contribution in [3.63, 3.8) is 0 Å². The fourth-order valence-electron chi connectivity index (χ4n) is 4.15. The number of hydrogen-bond acceptors (Lipinski definition) is 5. The van der Waals surface area contributed by atoms with Gasteiger partial charge in [-0.15, -0.1) is 0 Å². The van der Waals surface area contributed by atoms with Crippen LogP contribution in [0.15, 0.2) is 48.2 Å². The summed E-state index contributed by atoms with van der Waals surface area (Å²) < 4.78 is 0. The van der Waals surface area contributed by atoms with Crippen LogP contribution in [0.3, 0.4) is 0 Å². The minimum Gasteiger partial charge on any atom is -0.543 e. The molecule has 2 saturated heterocycles. The molecular weight excluding hydrogens is 361 g/mol. The predicted octanol–water partition coefficient (Wildman–Crippen LogP) is -2.97. The number of β-lactam (4-membered cyclic amide) rings is 1. The molecule has 0 spiro atoms. The number of nitrogens with zero attached hydrogens (tertiary/aromatic N) is 2. The maximum Gasteiger partial charge on any atom is 1.00 e. The minimum atomic E-state index is -1.40. The Balaban J connectivity index is 0.00000210. The molecule has 3 aliphatic rings. The smallest absolute Gasteiger partial charge is 0.543 e. The number of aliphatic carboxylic acids is 1. The summed E-state index contributed by atoms with van der Waals surface area (Å²) in [4.78, 5) is 39.3. The van der Waals surface area contributed by atoms with Crippen LogP contribution in [0.2, 0.25) is 0 Å². The monoisotopic (exact) mass is 377 g/mol. The molecule has 3 amide bonds. The van der Waals surface area contributed by atoms with Crippen LogP contribution in [0.5, 0.6) is 5.75 Å². The van der Waals surface area contributed by atoms with E-state index in [1.54, 1.807) is 12.1 Å². The van der Waals surface area contributed by atoms with Crippen LogP contribution in [0.4, 0.5) is 10.5 Å². The van der Waals surface area contributed by atoms with Crippen LogP contribution in [0, 0.1) is 5.92 Å². The molecule has 0 saturated carbocycles. The van der Waals surface area contributed by atoms with Crippen molar-refractivity contribution in [1.82, 2.24) is 9.80 Å². The Hall–Kier alpha value is -2.29. The van der Waals surface area contributed by atoms with Crippen molar-refractivity contribution < 1.29 is 54.2 Å². The van der Waals surface area contributed by atoms with Gasteiger partial charge in [0.05, 0.1) is 17.7 Å². The second-order valence-electron chi connectivity index (χ2n) is 6.50. The van der Waals surface area contributed by atoms with Gasteiger partial charge in [0.25, 0.3) is 5.91 Å². The van der Waals surface area contributed by atoms with Crippen LogP contribution in [-0.2, 0) is 9.59 Å². The molecule has 9 heteroatoms. The van der Waals surface area contributed by atoms with Crippen LogP contribution >= 0.6 is 0 Å². The maximum atomic E-state index is 12.6. The van der Waals surface area contributed by atoms with Gasteiger partial charge in [0.15, 0.2) is 0 Å². The molecule has 134 valence electrons. The molecule has 0 aliphatic carbocycles. The summed E-state index contributed by atoms with van der Waals surface area (Å²) in [6.07, 6.45) is 2.00. The van der Waals surface area contributed by atoms with E-state index in [0.717, 1.165) is 0 Å². The number of anilines is 1. The third-order valence-corrected chi connectivity index (χ3v) is 5.25. The summed E-state index contributed by atoms with van der Waals surface area (Å²) in [6, 6.07) is 4.48. The number of nitrogens with one attached hydrogen (secondary N) is 1. The van der Waals surface area contributed by atoms with Gasteiger partial charge in [-0.2, -0.15) is 0 Å². The number of likely N-dealkylation sites (tertiary alicyclic amines) is 1. The molecule has 0 radical (unpaired) electrons. The number of carboxylic acids is 1. The van der Waals surface area contributed by atoms with Crippen molar-refractivity contribution in [2.45, 2.75) is 18.5 Å². The van der Waals surface area contributed by atoms with E-state index in [9.17, 15) is 24.6 Å².